The van der Waals surface area contributed by atoms with Crippen LogP contribution in [0, 0.1) is 6.92 Å². The van der Waals surface area contributed by atoms with Gasteiger partial charge in [0.15, 0.2) is 0 Å². The largest absolute Gasteiger partial charge is 0.345 e. The first-order valence-corrected chi connectivity index (χ1v) is 7.97. The van der Waals surface area contributed by atoms with Crippen molar-refractivity contribution in [3.8, 4) is 0 Å². The lowest BCUT2D eigenvalue weighted by molar-refractivity contribution is 0.0733. The molecule has 0 saturated carbocycles. The minimum Gasteiger partial charge on any atom is -0.345 e. The Bertz CT molecular complexity index is 616. The van der Waals surface area contributed by atoms with Gasteiger partial charge in [-0.1, -0.05) is 36.8 Å². The average molecular weight is 349 g/mol. The Morgan fingerprint density at radius 1 is 1.29 bits per heavy atom. The molecule has 4 heteroatoms. The highest BCUT2D eigenvalue weighted by Gasteiger charge is 2.18. The van der Waals surface area contributed by atoms with Gasteiger partial charge in [0, 0.05) is 30.8 Å². The third-order valence-corrected chi connectivity index (χ3v) is 3.90. The molecule has 112 valence electrons. The summed E-state index contributed by atoms with van der Waals surface area (Å²) < 4.78 is 2.80. The molecule has 1 aromatic carbocycles. The fourth-order valence-corrected chi connectivity index (χ4v) is 2.86. The lowest BCUT2D eigenvalue weighted by Gasteiger charge is -2.22. The molecule has 0 aliphatic carbocycles. The van der Waals surface area contributed by atoms with Crippen LogP contribution in [0.5, 0.6) is 0 Å². The second-order valence-corrected chi connectivity index (χ2v) is 6.28. The van der Waals surface area contributed by atoms with Gasteiger partial charge in [-0.25, -0.2) is 0 Å². The van der Waals surface area contributed by atoms with Crippen LogP contribution in [0.1, 0.15) is 35.0 Å². The smallest absolute Gasteiger partial charge is 0.270 e. The molecule has 0 spiro atoms. The minimum absolute atomic E-state index is 0.0747. The maximum absolute atomic E-state index is 12.7. The summed E-state index contributed by atoms with van der Waals surface area (Å²) >= 11 is 3.42. The molecule has 2 rings (SSSR count). The molecular formula is C17H21BrN2O. The normalized spacial score (nSPS) is 10.7. The van der Waals surface area contributed by atoms with Crippen LogP contribution >= 0.6 is 15.9 Å². The van der Waals surface area contributed by atoms with Gasteiger partial charge in [0.1, 0.15) is 5.69 Å². The van der Waals surface area contributed by atoms with E-state index in [2.05, 4.69) is 54.0 Å². The molecule has 3 nitrogen and oxygen atoms in total. The van der Waals surface area contributed by atoms with E-state index in [-0.39, 0.29) is 5.91 Å². The number of benzene rings is 1. The number of carbonyl (C=O) groups excluding carboxylic acids is 1. The zero-order chi connectivity index (χ0) is 15.4. The van der Waals surface area contributed by atoms with Crippen LogP contribution < -0.4 is 0 Å². The maximum Gasteiger partial charge on any atom is 0.270 e. The van der Waals surface area contributed by atoms with E-state index in [1.807, 2.05) is 28.8 Å². The number of carbonyl (C=O) groups is 1. The second-order valence-electron chi connectivity index (χ2n) is 5.37. The van der Waals surface area contributed by atoms with Crippen LogP contribution in [0.3, 0.4) is 0 Å². The van der Waals surface area contributed by atoms with E-state index in [1.165, 1.54) is 5.56 Å². The Balaban J connectivity index is 2.20. The Morgan fingerprint density at radius 3 is 2.48 bits per heavy atom. The number of hydrogen-bond donors (Lipinski definition) is 0. The van der Waals surface area contributed by atoms with Crippen molar-refractivity contribution in [3.63, 3.8) is 0 Å². The first-order valence-electron chi connectivity index (χ1n) is 7.18. The van der Waals surface area contributed by atoms with E-state index in [0.29, 0.717) is 12.2 Å². The lowest BCUT2D eigenvalue weighted by atomic mass is 10.1. The number of rotatable bonds is 5. The molecule has 1 amide bonds. The third kappa shape index (κ3) is 3.97. The zero-order valence-electron chi connectivity index (χ0n) is 12.8. The molecule has 1 heterocycles. The summed E-state index contributed by atoms with van der Waals surface area (Å²) in [6, 6.07) is 10.2. The van der Waals surface area contributed by atoms with Gasteiger partial charge in [-0.15, -0.1) is 0 Å². The highest BCUT2D eigenvalue weighted by Crippen LogP contribution is 2.17. The van der Waals surface area contributed by atoms with Gasteiger partial charge in [-0.2, -0.15) is 0 Å². The molecule has 21 heavy (non-hydrogen) atoms. The standard InChI is InChI=1S/C17H21BrN2O/c1-4-9-20(11-14-7-5-13(2)6-8-14)17(21)16-10-15(18)12-19(16)3/h5-8,10,12H,4,9,11H2,1-3H3. The van der Waals surface area contributed by atoms with Crippen LogP contribution in [0.2, 0.25) is 0 Å². The number of amides is 1. The number of halogens is 1. The number of nitrogens with zero attached hydrogens (tertiary/aromatic N) is 2. The molecule has 0 aliphatic rings. The van der Waals surface area contributed by atoms with Gasteiger partial charge >= 0.3 is 0 Å². The van der Waals surface area contributed by atoms with Gasteiger partial charge < -0.3 is 9.47 Å². The Kier molecular flexibility index (Phi) is 5.23. The fourth-order valence-electron chi connectivity index (χ4n) is 2.34. The van der Waals surface area contributed by atoms with Crippen molar-refractivity contribution >= 4 is 21.8 Å². The van der Waals surface area contributed by atoms with E-state index in [9.17, 15) is 4.79 Å². The molecule has 0 fully saturated rings. The van der Waals surface area contributed by atoms with Crippen LogP contribution in [0.25, 0.3) is 0 Å². The lowest BCUT2D eigenvalue weighted by Crippen LogP contribution is -2.32. The molecule has 1 aromatic heterocycles. The first kappa shape index (κ1) is 15.8. The summed E-state index contributed by atoms with van der Waals surface area (Å²) in [6.45, 7) is 5.57. The molecule has 0 unspecified atom stereocenters. The number of aryl methyl sites for hydroxylation is 2. The summed E-state index contributed by atoms with van der Waals surface area (Å²) in [7, 11) is 1.90. The van der Waals surface area contributed by atoms with Crippen molar-refractivity contribution in [1.29, 1.82) is 0 Å². The van der Waals surface area contributed by atoms with Crippen molar-refractivity contribution < 1.29 is 4.79 Å². The average Bonchev–Trinajstić information content (AvgIpc) is 2.79. The fraction of sp³-hybridized carbons (Fsp3) is 0.353. The van der Waals surface area contributed by atoms with Crippen LogP contribution in [-0.4, -0.2) is 21.9 Å². The summed E-state index contributed by atoms with van der Waals surface area (Å²) in [5.41, 5.74) is 3.11. The quantitative estimate of drug-likeness (QED) is 0.796. The Hall–Kier alpha value is -1.55. The van der Waals surface area contributed by atoms with E-state index in [0.717, 1.165) is 23.0 Å². The van der Waals surface area contributed by atoms with Gasteiger partial charge in [0.2, 0.25) is 0 Å². The molecule has 0 saturated heterocycles. The van der Waals surface area contributed by atoms with Crippen LogP contribution in [-0.2, 0) is 13.6 Å². The summed E-state index contributed by atoms with van der Waals surface area (Å²) in [4.78, 5) is 14.6. The van der Waals surface area contributed by atoms with Crippen molar-refractivity contribution in [3.05, 3.63) is 57.8 Å². The van der Waals surface area contributed by atoms with Crippen LogP contribution in [0.4, 0.5) is 0 Å². The summed E-state index contributed by atoms with van der Waals surface area (Å²) in [5, 5.41) is 0. The SMILES string of the molecule is CCCN(Cc1ccc(C)cc1)C(=O)c1cc(Br)cn1C. The molecule has 2 aromatic rings. The zero-order valence-corrected chi connectivity index (χ0v) is 14.4. The van der Waals surface area contributed by atoms with Gasteiger partial charge in [-0.3, -0.25) is 4.79 Å². The van der Waals surface area contributed by atoms with E-state index in [1.54, 1.807) is 0 Å². The van der Waals surface area contributed by atoms with Crippen molar-refractivity contribution in [1.82, 2.24) is 9.47 Å². The first-order chi connectivity index (χ1) is 10.0. The van der Waals surface area contributed by atoms with Gasteiger partial charge in [0.05, 0.1) is 0 Å². The highest BCUT2D eigenvalue weighted by atomic mass is 79.9. The second kappa shape index (κ2) is 6.94. The topological polar surface area (TPSA) is 25.2 Å². The van der Waals surface area contributed by atoms with Gasteiger partial charge in [0.25, 0.3) is 5.91 Å². The molecule has 0 atom stereocenters. The van der Waals surface area contributed by atoms with E-state index < -0.39 is 0 Å². The Labute approximate surface area is 134 Å². The van der Waals surface area contributed by atoms with Crippen LogP contribution in [0.15, 0.2) is 41.0 Å². The molecule has 0 aliphatic heterocycles. The van der Waals surface area contributed by atoms with Crippen molar-refractivity contribution in [2.75, 3.05) is 6.54 Å². The predicted octanol–water partition coefficient (Wildman–Crippen LogP) is 4.15. The monoisotopic (exact) mass is 348 g/mol. The Morgan fingerprint density at radius 2 is 1.95 bits per heavy atom. The molecule has 0 bridgehead atoms. The van der Waals surface area contributed by atoms with Gasteiger partial charge in [-0.05, 0) is 40.9 Å². The minimum atomic E-state index is 0.0747. The maximum atomic E-state index is 12.7. The molecular weight excluding hydrogens is 328 g/mol. The number of hydrogen-bond acceptors (Lipinski definition) is 1. The number of aromatic nitrogens is 1. The molecule has 0 radical (unpaired) electrons. The summed E-state index contributed by atoms with van der Waals surface area (Å²) in [6.07, 6.45) is 2.85. The predicted molar refractivity (Wildman–Crippen MR) is 89.3 cm³/mol. The van der Waals surface area contributed by atoms with E-state index in [4.69, 9.17) is 0 Å². The van der Waals surface area contributed by atoms with Crippen molar-refractivity contribution in [2.45, 2.75) is 26.8 Å². The third-order valence-electron chi connectivity index (χ3n) is 3.47. The molecule has 0 N–H and O–H groups in total. The van der Waals surface area contributed by atoms with E-state index >= 15 is 0 Å². The van der Waals surface area contributed by atoms with Crippen molar-refractivity contribution in [2.24, 2.45) is 7.05 Å². The summed E-state index contributed by atoms with van der Waals surface area (Å²) in [5.74, 6) is 0.0747. The highest BCUT2D eigenvalue weighted by molar-refractivity contribution is 9.10.